The fraction of sp³-hybridized carbons (Fsp3) is 0.200. The van der Waals surface area contributed by atoms with E-state index in [4.69, 9.17) is 0 Å². The van der Waals surface area contributed by atoms with Gasteiger partial charge in [-0.25, -0.2) is 0 Å². The smallest absolute Gasteiger partial charge is 0.256 e. The summed E-state index contributed by atoms with van der Waals surface area (Å²) in [5.74, 6) is 0.182. The van der Waals surface area contributed by atoms with Crippen molar-refractivity contribution in [2.45, 2.75) is 33.4 Å². The molecule has 4 heterocycles. The maximum absolute atomic E-state index is 12.8. The van der Waals surface area contributed by atoms with Crippen LogP contribution in [0.25, 0.3) is 11.4 Å². The van der Waals surface area contributed by atoms with Gasteiger partial charge in [0.15, 0.2) is 5.82 Å². The zero-order chi connectivity index (χ0) is 22.9. The Morgan fingerprint density at radius 1 is 1.06 bits per heavy atom. The summed E-state index contributed by atoms with van der Waals surface area (Å²) < 4.78 is 2.03. The lowest BCUT2D eigenvalue weighted by Gasteiger charge is -2.16. The van der Waals surface area contributed by atoms with Crippen molar-refractivity contribution in [3.05, 3.63) is 88.4 Å². The number of nitrogens with one attached hydrogen (secondary N) is 3. The second-order valence-corrected chi connectivity index (χ2v) is 8.32. The van der Waals surface area contributed by atoms with Crippen molar-refractivity contribution in [3.63, 3.8) is 0 Å². The van der Waals surface area contributed by atoms with E-state index in [0.717, 1.165) is 33.8 Å². The molecule has 3 aromatic heterocycles. The van der Waals surface area contributed by atoms with Gasteiger partial charge in [-0.05, 0) is 50.6 Å². The zero-order valence-corrected chi connectivity index (χ0v) is 18.5. The molecule has 0 saturated heterocycles. The van der Waals surface area contributed by atoms with Gasteiger partial charge in [0, 0.05) is 30.1 Å². The summed E-state index contributed by atoms with van der Waals surface area (Å²) in [5, 5.41) is 13.3. The maximum Gasteiger partial charge on any atom is 0.256 e. The highest BCUT2D eigenvalue weighted by Crippen LogP contribution is 2.33. The number of carbonyl (C=O) groups excluding carboxylic acids is 2. The number of pyridine rings is 1. The van der Waals surface area contributed by atoms with E-state index in [9.17, 15) is 9.59 Å². The number of aromatic amines is 1. The summed E-state index contributed by atoms with van der Waals surface area (Å²) in [5.41, 5.74) is 6.69. The van der Waals surface area contributed by atoms with Crippen LogP contribution < -0.4 is 10.6 Å². The lowest BCUT2D eigenvalue weighted by Crippen LogP contribution is -2.22. The van der Waals surface area contributed by atoms with Gasteiger partial charge in [-0.2, -0.15) is 5.10 Å². The molecule has 4 aromatic rings. The molecule has 0 aliphatic carbocycles. The number of amides is 2. The lowest BCUT2D eigenvalue weighted by molar-refractivity contribution is 0.0949. The minimum atomic E-state index is -0.188. The van der Waals surface area contributed by atoms with Gasteiger partial charge in [-0.1, -0.05) is 23.3 Å². The largest absolute Gasteiger partial charge is 0.346 e. The second kappa shape index (κ2) is 8.38. The first-order valence-electron chi connectivity index (χ1n) is 10.8. The van der Waals surface area contributed by atoms with E-state index in [1.807, 2.05) is 67.1 Å². The number of hydrogen-bond acceptors (Lipinski definition) is 4. The highest BCUT2D eigenvalue weighted by molar-refractivity contribution is 6.04. The molecule has 1 aromatic carbocycles. The first-order chi connectivity index (χ1) is 16.0. The van der Waals surface area contributed by atoms with E-state index >= 15 is 0 Å². The second-order valence-electron chi connectivity index (χ2n) is 8.32. The molecule has 0 radical (unpaired) electrons. The molecule has 0 unspecified atom stereocenters. The molecule has 2 amide bonds. The number of hydrogen-bond donors (Lipinski definition) is 3. The minimum absolute atomic E-state index is 0.160. The van der Waals surface area contributed by atoms with Crippen molar-refractivity contribution in [1.82, 2.24) is 25.1 Å². The Labute approximate surface area is 191 Å². The van der Waals surface area contributed by atoms with Crippen LogP contribution in [0.1, 0.15) is 43.1 Å². The number of fused-ring (bicyclic) bond motifs is 3. The number of rotatable bonds is 5. The van der Waals surface area contributed by atoms with Gasteiger partial charge >= 0.3 is 0 Å². The van der Waals surface area contributed by atoms with Crippen molar-refractivity contribution in [3.8, 4) is 11.4 Å². The van der Waals surface area contributed by atoms with E-state index in [1.54, 1.807) is 6.20 Å². The van der Waals surface area contributed by atoms with Gasteiger partial charge in [0.05, 0.1) is 29.2 Å². The highest BCUT2D eigenvalue weighted by Gasteiger charge is 2.25. The van der Waals surface area contributed by atoms with Gasteiger partial charge in [-0.3, -0.25) is 19.7 Å². The average molecular weight is 441 g/mol. The van der Waals surface area contributed by atoms with Crippen LogP contribution in [0.3, 0.4) is 0 Å². The standard InChI is InChI=1S/C25H24N6O2/c1-15-9-16(2)11-17(10-15)25(33)28-23-20-6-8-31-14-18(12-21(31)22(20)29-30-23)24(32)27-13-19-5-3-4-7-26-19/h3-5,7,9-12,14H,6,8,13H2,1-2H3,(H,27,32)(H2,28,29,30,33). The Hall–Kier alpha value is -4.20. The molecule has 0 saturated carbocycles. The monoisotopic (exact) mass is 440 g/mol. The Morgan fingerprint density at radius 2 is 1.88 bits per heavy atom. The third kappa shape index (κ3) is 4.15. The highest BCUT2D eigenvalue weighted by atomic mass is 16.2. The summed E-state index contributed by atoms with van der Waals surface area (Å²) in [6.07, 6.45) is 4.25. The molecule has 33 heavy (non-hydrogen) atoms. The number of benzene rings is 1. The number of aryl methyl sites for hydroxylation is 3. The van der Waals surface area contributed by atoms with E-state index in [2.05, 4.69) is 25.8 Å². The van der Waals surface area contributed by atoms with Crippen LogP contribution in [0.5, 0.6) is 0 Å². The molecular weight excluding hydrogens is 416 g/mol. The number of nitrogens with zero attached hydrogens (tertiary/aromatic N) is 3. The SMILES string of the molecule is Cc1cc(C)cc(C(=O)Nc2n[nH]c3c2CCn2cc(C(=O)NCc4ccccn4)cc2-3)c1. The maximum atomic E-state index is 12.8. The first-order valence-corrected chi connectivity index (χ1v) is 10.8. The van der Waals surface area contributed by atoms with Gasteiger partial charge in [0.1, 0.15) is 0 Å². The zero-order valence-electron chi connectivity index (χ0n) is 18.5. The lowest BCUT2D eigenvalue weighted by atomic mass is 10.0. The Morgan fingerprint density at radius 3 is 2.64 bits per heavy atom. The Kier molecular flexibility index (Phi) is 5.26. The number of anilines is 1. The number of aromatic nitrogens is 4. The molecule has 8 heteroatoms. The fourth-order valence-electron chi connectivity index (χ4n) is 4.25. The van der Waals surface area contributed by atoms with Crippen LogP contribution in [0.15, 0.2) is 54.9 Å². The van der Waals surface area contributed by atoms with Crippen LogP contribution in [0, 0.1) is 13.8 Å². The molecule has 0 atom stereocenters. The number of H-pyrrole nitrogens is 1. The van der Waals surface area contributed by atoms with E-state index in [1.165, 1.54) is 0 Å². The molecule has 8 nitrogen and oxygen atoms in total. The van der Waals surface area contributed by atoms with Gasteiger partial charge < -0.3 is 15.2 Å². The van der Waals surface area contributed by atoms with E-state index in [-0.39, 0.29) is 11.8 Å². The van der Waals surface area contributed by atoms with E-state index < -0.39 is 0 Å². The predicted octanol–water partition coefficient (Wildman–Crippen LogP) is 3.63. The van der Waals surface area contributed by atoms with Gasteiger partial charge in [0.2, 0.25) is 0 Å². The normalized spacial score (nSPS) is 12.1. The summed E-state index contributed by atoms with van der Waals surface area (Å²) in [6, 6.07) is 13.2. The van der Waals surface area contributed by atoms with Crippen molar-refractivity contribution >= 4 is 17.6 Å². The summed E-state index contributed by atoms with van der Waals surface area (Å²) in [4.78, 5) is 29.7. The quantitative estimate of drug-likeness (QED) is 0.441. The fourth-order valence-corrected chi connectivity index (χ4v) is 4.25. The number of carbonyl (C=O) groups is 2. The summed E-state index contributed by atoms with van der Waals surface area (Å²) in [7, 11) is 0. The van der Waals surface area contributed by atoms with Crippen LogP contribution in [-0.4, -0.2) is 31.6 Å². The predicted molar refractivity (Wildman–Crippen MR) is 125 cm³/mol. The van der Waals surface area contributed by atoms with Crippen LogP contribution in [0.2, 0.25) is 0 Å². The molecule has 0 bridgehead atoms. The van der Waals surface area contributed by atoms with Crippen LogP contribution in [-0.2, 0) is 19.5 Å². The molecule has 0 fully saturated rings. The van der Waals surface area contributed by atoms with Crippen molar-refractivity contribution in [2.75, 3.05) is 5.32 Å². The topological polar surface area (TPSA) is 105 Å². The molecule has 1 aliphatic heterocycles. The van der Waals surface area contributed by atoms with Crippen molar-refractivity contribution in [2.24, 2.45) is 0 Å². The molecule has 1 aliphatic rings. The van der Waals surface area contributed by atoms with Gasteiger partial charge in [0.25, 0.3) is 11.8 Å². The van der Waals surface area contributed by atoms with Crippen molar-refractivity contribution in [1.29, 1.82) is 0 Å². The Bertz CT molecular complexity index is 1330. The molecule has 166 valence electrons. The molecular formula is C25H24N6O2. The average Bonchev–Trinajstić information content (AvgIpc) is 3.41. The first kappa shape index (κ1) is 20.7. The molecule has 3 N–H and O–H groups in total. The molecule has 0 spiro atoms. The van der Waals surface area contributed by atoms with Crippen LogP contribution >= 0.6 is 0 Å². The van der Waals surface area contributed by atoms with Crippen LogP contribution in [0.4, 0.5) is 5.82 Å². The molecule has 5 rings (SSSR count). The minimum Gasteiger partial charge on any atom is -0.346 e. The summed E-state index contributed by atoms with van der Waals surface area (Å²) >= 11 is 0. The third-order valence-electron chi connectivity index (χ3n) is 5.76. The Balaban J connectivity index is 1.34. The van der Waals surface area contributed by atoms with E-state index in [0.29, 0.717) is 36.5 Å². The van der Waals surface area contributed by atoms with Gasteiger partial charge in [-0.15, -0.1) is 0 Å². The van der Waals surface area contributed by atoms with Crippen molar-refractivity contribution < 1.29 is 9.59 Å². The summed E-state index contributed by atoms with van der Waals surface area (Å²) in [6.45, 7) is 5.00. The third-order valence-corrected chi connectivity index (χ3v) is 5.76.